The number of hydrogen-bond donors (Lipinski definition) is 1. The number of likely N-dealkylation sites (tertiary alicyclic amines) is 1. The summed E-state index contributed by atoms with van der Waals surface area (Å²) in [6.07, 6.45) is 3.93. The topological polar surface area (TPSA) is 62.2 Å². The van der Waals surface area contributed by atoms with Crippen molar-refractivity contribution in [2.24, 2.45) is 4.99 Å². The molecule has 2 fully saturated rings. The van der Waals surface area contributed by atoms with Crippen molar-refractivity contribution in [2.45, 2.75) is 32.4 Å². The van der Waals surface area contributed by atoms with Crippen LogP contribution in [0.15, 0.2) is 23.3 Å². The monoisotopic (exact) mass is 361 g/mol. The lowest BCUT2D eigenvalue weighted by Gasteiger charge is -2.32. The Morgan fingerprint density at radius 3 is 3.00 bits per heavy atom. The van der Waals surface area contributed by atoms with Gasteiger partial charge in [0.25, 0.3) is 0 Å². The van der Waals surface area contributed by atoms with Crippen molar-refractivity contribution in [1.82, 2.24) is 20.1 Å². The number of nitrogens with zero attached hydrogens (tertiary/aromatic N) is 4. The third-order valence-electron chi connectivity index (χ3n) is 4.97. The number of ether oxygens (including phenoxy) is 2. The lowest BCUT2D eigenvalue weighted by molar-refractivity contribution is 0.0195. The smallest absolute Gasteiger partial charge is 0.218 e. The van der Waals surface area contributed by atoms with E-state index in [4.69, 9.17) is 9.47 Å². The van der Waals surface area contributed by atoms with Gasteiger partial charge in [0.2, 0.25) is 5.88 Å². The largest absolute Gasteiger partial charge is 0.477 e. The molecule has 2 saturated heterocycles. The molecular formula is C19H31N5O2. The van der Waals surface area contributed by atoms with Gasteiger partial charge in [-0.1, -0.05) is 13.0 Å². The number of nitrogens with one attached hydrogen (secondary N) is 1. The van der Waals surface area contributed by atoms with Gasteiger partial charge in [-0.3, -0.25) is 9.89 Å². The van der Waals surface area contributed by atoms with Crippen LogP contribution in [0.3, 0.4) is 0 Å². The van der Waals surface area contributed by atoms with Crippen LogP contribution >= 0.6 is 0 Å². The lowest BCUT2D eigenvalue weighted by Crippen LogP contribution is -2.46. The Hall–Kier alpha value is -1.86. The zero-order valence-corrected chi connectivity index (χ0v) is 16.0. The van der Waals surface area contributed by atoms with E-state index in [0.29, 0.717) is 25.1 Å². The maximum Gasteiger partial charge on any atom is 0.218 e. The molecule has 2 aliphatic heterocycles. The molecule has 1 unspecified atom stereocenters. The van der Waals surface area contributed by atoms with Crippen molar-refractivity contribution in [2.75, 3.05) is 53.0 Å². The van der Waals surface area contributed by atoms with Gasteiger partial charge in [0.15, 0.2) is 5.96 Å². The Balaban J connectivity index is 1.54. The van der Waals surface area contributed by atoms with E-state index in [1.54, 1.807) is 6.20 Å². The van der Waals surface area contributed by atoms with E-state index >= 15 is 0 Å². The number of aliphatic imine (C=N–C) groups is 1. The highest BCUT2D eigenvalue weighted by atomic mass is 16.5. The minimum absolute atomic E-state index is 0.597. The molecule has 1 N–H and O–H groups in total. The highest BCUT2D eigenvalue weighted by Gasteiger charge is 2.30. The lowest BCUT2D eigenvalue weighted by atomic mass is 10.2. The van der Waals surface area contributed by atoms with Crippen LogP contribution in [-0.2, 0) is 11.3 Å². The minimum Gasteiger partial charge on any atom is -0.477 e. The summed E-state index contributed by atoms with van der Waals surface area (Å²) in [5.41, 5.74) is 1.06. The molecule has 0 saturated carbocycles. The molecule has 7 nitrogen and oxygen atoms in total. The zero-order chi connectivity index (χ0) is 18.2. The van der Waals surface area contributed by atoms with E-state index in [2.05, 4.69) is 38.1 Å². The summed E-state index contributed by atoms with van der Waals surface area (Å²) in [6.45, 7) is 9.29. The van der Waals surface area contributed by atoms with E-state index in [-0.39, 0.29) is 0 Å². The second-order valence-electron chi connectivity index (χ2n) is 6.75. The molecular weight excluding hydrogens is 330 g/mol. The molecule has 26 heavy (non-hydrogen) atoms. The molecule has 3 rings (SSSR count). The number of aromatic nitrogens is 1. The molecule has 144 valence electrons. The standard InChI is InChI=1S/C19H31N5O2/c1-3-11-26-18-16(5-4-7-21-18)14-22-19(20-2)24-8-6-17(15-24)23-9-12-25-13-10-23/h4-5,7,17H,3,6,8-15H2,1-2H3,(H,20,22). The third kappa shape index (κ3) is 4.86. The van der Waals surface area contributed by atoms with Gasteiger partial charge in [0.1, 0.15) is 0 Å². The van der Waals surface area contributed by atoms with Crippen molar-refractivity contribution >= 4 is 5.96 Å². The molecule has 2 aliphatic rings. The number of pyridine rings is 1. The average Bonchev–Trinajstić information content (AvgIpc) is 3.18. The molecule has 0 radical (unpaired) electrons. The van der Waals surface area contributed by atoms with E-state index < -0.39 is 0 Å². The van der Waals surface area contributed by atoms with Crippen LogP contribution in [0.4, 0.5) is 0 Å². The quantitative estimate of drug-likeness (QED) is 0.610. The Labute approximate surface area is 156 Å². The summed E-state index contributed by atoms with van der Waals surface area (Å²) in [7, 11) is 1.85. The van der Waals surface area contributed by atoms with Crippen LogP contribution in [0.2, 0.25) is 0 Å². The van der Waals surface area contributed by atoms with Crippen LogP contribution in [0.1, 0.15) is 25.3 Å². The summed E-state index contributed by atoms with van der Waals surface area (Å²) >= 11 is 0. The fraction of sp³-hybridized carbons (Fsp3) is 0.684. The fourth-order valence-corrected chi connectivity index (χ4v) is 3.57. The minimum atomic E-state index is 0.597. The highest BCUT2D eigenvalue weighted by Crippen LogP contribution is 2.18. The molecule has 1 aromatic heterocycles. The van der Waals surface area contributed by atoms with Crippen molar-refractivity contribution in [3.63, 3.8) is 0 Å². The molecule has 0 aromatic carbocycles. The summed E-state index contributed by atoms with van der Waals surface area (Å²) in [5.74, 6) is 1.66. The first-order chi connectivity index (χ1) is 12.8. The second-order valence-corrected chi connectivity index (χ2v) is 6.75. The normalized spacial score (nSPS) is 21.8. The molecule has 0 aliphatic carbocycles. The van der Waals surface area contributed by atoms with Crippen LogP contribution in [-0.4, -0.2) is 79.8 Å². The predicted molar refractivity (Wildman–Crippen MR) is 103 cm³/mol. The van der Waals surface area contributed by atoms with Gasteiger partial charge in [-0.25, -0.2) is 4.98 Å². The number of morpholine rings is 1. The molecule has 3 heterocycles. The first-order valence-corrected chi connectivity index (χ1v) is 9.66. The Morgan fingerprint density at radius 2 is 2.23 bits per heavy atom. The van der Waals surface area contributed by atoms with Crippen molar-refractivity contribution in [3.05, 3.63) is 23.9 Å². The number of hydrogen-bond acceptors (Lipinski definition) is 5. The first kappa shape index (κ1) is 18.9. The SMILES string of the molecule is CCCOc1ncccc1CNC(=NC)N1CCC(N2CCOCC2)C1. The van der Waals surface area contributed by atoms with E-state index in [9.17, 15) is 0 Å². The van der Waals surface area contributed by atoms with Gasteiger partial charge in [-0.15, -0.1) is 0 Å². The Morgan fingerprint density at radius 1 is 1.38 bits per heavy atom. The van der Waals surface area contributed by atoms with Gasteiger partial charge in [0, 0.05) is 57.6 Å². The van der Waals surface area contributed by atoms with E-state index in [1.165, 1.54) is 6.42 Å². The highest BCUT2D eigenvalue weighted by molar-refractivity contribution is 5.80. The summed E-state index contributed by atoms with van der Waals surface area (Å²) in [4.78, 5) is 13.7. The molecule has 1 atom stereocenters. The molecule has 0 amide bonds. The molecule has 7 heteroatoms. The first-order valence-electron chi connectivity index (χ1n) is 9.66. The van der Waals surface area contributed by atoms with Crippen LogP contribution < -0.4 is 10.1 Å². The fourth-order valence-electron chi connectivity index (χ4n) is 3.57. The van der Waals surface area contributed by atoms with Gasteiger partial charge in [-0.05, 0) is 18.9 Å². The van der Waals surface area contributed by atoms with Gasteiger partial charge in [0.05, 0.1) is 19.8 Å². The summed E-state index contributed by atoms with van der Waals surface area (Å²) in [6, 6.07) is 4.60. The summed E-state index contributed by atoms with van der Waals surface area (Å²) < 4.78 is 11.2. The molecule has 0 bridgehead atoms. The third-order valence-corrected chi connectivity index (χ3v) is 4.97. The van der Waals surface area contributed by atoms with Crippen LogP contribution in [0.5, 0.6) is 5.88 Å². The Bertz CT molecular complexity index is 589. The van der Waals surface area contributed by atoms with Crippen molar-refractivity contribution < 1.29 is 9.47 Å². The van der Waals surface area contributed by atoms with Crippen LogP contribution in [0.25, 0.3) is 0 Å². The van der Waals surface area contributed by atoms with E-state index in [0.717, 1.165) is 57.3 Å². The maximum atomic E-state index is 5.75. The summed E-state index contributed by atoms with van der Waals surface area (Å²) in [5, 5.41) is 3.48. The Kier molecular flexibility index (Phi) is 7.08. The van der Waals surface area contributed by atoms with Crippen molar-refractivity contribution in [1.29, 1.82) is 0 Å². The van der Waals surface area contributed by atoms with Crippen LogP contribution in [0, 0.1) is 0 Å². The maximum absolute atomic E-state index is 5.75. The predicted octanol–water partition coefficient (Wildman–Crippen LogP) is 1.35. The number of guanidine groups is 1. The van der Waals surface area contributed by atoms with E-state index in [1.807, 2.05) is 13.1 Å². The average molecular weight is 361 g/mol. The second kappa shape index (κ2) is 9.73. The van der Waals surface area contributed by atoms with Gasteiger partial charge >= 0.3 is 0 Å². The van der Waals surface area contributed by atoms with Gasteiger partial charge < -0.3 is 19.7 Å². The molecule has 1 aromatic rings. The molecule has 0 spiro atoms. The zero-order valence-electron chi connectivity index (χ0n) is 16.0. The van der Waals surface area contributed by atoms with Crippen molar-refractivity contribution in [3.8, 4) is 5.88 Å². The van der Waals surface area contributed by atoms with Gasteiger partial charge in [-0.2, -0.15) is 0 Å². The number of rotatable bonds is 6.